The van der Waals surface area contributed by atoms with E-state index in [1.807, 2.05) is 32.4 Å². The summed E-state index contributed by atoms with van der Waals surface area (Å²) in [6.45, 7) is 9.09. The molecule has 0 aliphatic heterocycles. The van der Waals surface area contributed by atoms with Crippen LogP contribution < -0.4 is 11.1 Å². The second kappa shape index (κ2) is 9.05. The Morgan fingerprint density at radius 1 is 1.35 bits per heavy atom. The molecule has 1 unspecified atom stereocenters. The second-order valence-electron chi connectivity index (χ2n) is 5.78. The maximum atomic E-state index is 12.4. The third kappa shape index (κ3) is 4.80. The van der Waals surface area contributed by atoms with Crippen LogP contribution in [-0.2, 0) is 0 Å². The smallest absolute Gasteiger partial charge is 0.252 e. The van der Waals surface area contributed by atoms with Gasteiger partial charge in [0.25, 0.3) is 5.91 Å². The van der Waals surface area contributed by atoms with Crippen LogP contribution in [-0.4, -0.2) is 33.8 Å². The summed E-state index contributed by atoms with van der Waals surface area (Å²) in [5, 5.41) is 8.05. The van der Waals surface area contributed by atoms with Gasteiger partial charge in [-0.2, -0.15) is 5.10 Å². The van der Waals surface area contributed by atoms with Gasteiger partial charge in [0.2, 0.25) is 0 Å². The fraction of sp³-hybridized carbons (Fsp3) is 0.533. The second-order valence-corrected chi connectivity index (χ2v) is 5.78. The Morgan fingerprint density at radius 3 is 2.57 bits per heavy atom. The maximum absolute atomic E-state index is 12.4. The van der Waals surface area contributed by atoms with Crippen molar-refractivity contribution in [3.63, 3.8) is 0 Å². The van der Waals surface area contributed by atoms with E-state index >= 15 is 0 Å². The third-order valence-corrected chi connectivity index (χ3v) is 3.44. The molecule has 3 N–H and O–H groups in total. The number of rotatable bonds is 5. The van der Waals surface area contributed by atoms with Crippen LogP contribution in [0.4, 0.5) is 0 Å². The fourth-order valence-corrected chi connectivity index (χ4v) is 2.15. The number of aryl methyl sites for hydroxylation is 1. The predicted octanol–water partition coefficient (Wildman–Crippen LogP) is 2.49. The summed E-state index contributed by atoms with van der Waals surface area (Å²) in [6, 6.07) is 2.00. The molecule has 0 spiro atoms. The van der Waals surface area contributed by atoms with Crippen molar-refractivity contribution in [3.05, 3.63) is 23.5 Å². The van der Waals surface area contributed by atoms with E-state index in [1.54, 1.807) is 12.3 Å². The first kappa shape index (κ1) is 21.6. The first-order chi connectivity index (χ1) is 9.93. The number of amides is 1. The van der Waals surface area contributed by atoms with E-state index in [0.29, 0.717) is 18.7 Å². The molecule has 1 atom stereocenters. The van der Waals surface area contributed by atoms with Crippen molar-refractivity contribution >= 4 is 41.8 Å². The van der Waals surface area contributed by atoms with Gasteiger partial charge in [-0.15, -0.1) is 24.8 Å². The number of nitrogens with two attached hydrogens (primary N) is 1. The van der Waals surface area contributed by atoms with Crippen molar-refractivity contribution in [2.24, 2.45) is 11.7 Å². The van der Waals surface area contributed by atoms with Gasteiger partial charge in [0.1, 0.15) is 0 Å². The van der Waals surface area contributed by atoms with Crippen molar-refractivity contribution in [2.45, 2.75) is 33.7 Å². The van der Waals surface area contributed by atoms with E-state index in [0.717, 1.165) is 16.7 Å². The molecule has 1 amide bonds. The molecule has 8 heteroatoms. The van der Waals surface area contributed by atoms with Crippen LogP contribution in [0.3, 0.4) is 0 Å². The molecule has 2 aromatic heterocycles. The quantitative estimate of drug-likeness (QED) is 0.856. The average molecular weight is 362 g/mol. The zero-order valence-corrected chi connectivity index (χ0v) is 15.5. The summed E-state index contributed by atoms with van der Waals surface area (Å²) in [4.78, 5) is 16.9. The number of aromatic nitrogens is 3. The summed E-state index contributed by atoms with van der Waals surface area (Å²) < 4.78 is 1.83. The van der Waals surface area contributed by atoms with Crippen LogP contribution in [0.1, 0.15) is 42.9 Å². The number of nitrogens with one attached hydrogen (secondary N) is 1. The SMILES string of the molecule is Cc1cc(C(=O)NCC(C)CN)c2cnn(C(C)C)c2n1.Cl.Cl. The third-order valence-electron chi connectivity index (χ3n) is 3.44. The number of pyridine rings is 1. The molecule has 2 heterocycles. The zero-order valence-electron chi connectivity index (χ0n) is 13.9. The minimum Gasteiger partial charge on any atom is -0.352 e. The maximum Gasteiger partial charge on any atom is 0.252 e. The van der Waals surface area contributed by atoms with Gasteiger partial charge in [-0.1, -0.05) is 6.92 Å². The first-order valence-electron chi connectivity index (χ1n) is 7.27. The molecule has 0 bridgehead atoms. The van der Waals surface area contributed by atoms with Crippen LogP contribution in [0, 0.1) is 12.8 Å². The van der Waals surface area contributed by atoms with Crippen molar-refractivity contribution in [3.8, 4) is 0 Å². The molecule has 23 heavy (non-hydrogen) atoms. The van der Waals surface area contributed by atoms with E-state index in [-0.39, 0.29) is 42.7 Å². The van der Waals surface area contributed by atoms with E-state index < -0.39 is 0 Å². The number of carbonyl (C=O) groups is 1. The molecule has 0 saturated heterocycles. The molecule has 0 aliphatic rings. The number of nitrogens with zero attached hydrogens (tertiary/aromatic N) is 3. The molecule has 130 valence electrons. The summed E-state index contributed by atoms with van der Waals surface area (Å²) >= 11 is 0. The highest BCUT2D eigenvalue weighted by Gasteiger charge is 2.17. The fourth-order valence-electron chi connectivity index (χ4n) is 2.15. The Kier molecular flexibility index (Phi) is 8.52. The van der Waals surface area contributed by atoms with Gasteiger partial charge in [0.05, 0.1) is 17.1 Å². The van der Waals surface area contributed by atoms with E-state index in [2.05, 4.69) is 15.4 Å². The molecule has 2 aromatic rings. The van der Waals surface area contributed by atoms with Crippen LogP contribution in [0.2, 0.25) is 0 Å². The number of hydrogen-bond donors (Lipinski definition) is 2. The first-order valence-corrected chi connectivity index (χ1v) is 7.27. The zero-order chi connectivity index (χ0) is 15.6. The van der Waals surface area contributed by atoms with E-state index in [9.17, 15) is 4.79 Å². The summed E-state index contributed by atoms with van der Waals surface area (Å²) in [6.07, 6.45) is 1.71. The molecular weight excluding hydrogens is 337 g/mol. The van der Waals surface area contributed by atoms with Crippen LogP contribution >= 0.6 is 24.8 Å². The Morgan fingerprint density at radius 2 is 2.00 bits per heavy atom. The minimum absolute atomic E-state index is 0. The molecule has 0 saturated carbocycles. The van der Waals surface area contributed by atoms with Gasteiger partial charge >= 0.3 is 0 Å². The topological polar surface area (TPSA) is 85.8 Å². The van der Waals surface area contributed by atoms with Gasteiger partial charge in [-0.25, -0.2) is 9.67 Å². The number of fused-ring (bicyclic) bond motifs is 1. The lowest BCUT2D eigenvalue weighted by Gasteiger charge is -2.11. The van der Waals surface area contributed by atoms with Crippen LogP contribution in [0.15, 0.2) is 12.3 Å². The standard InChI is InChI=1S/C15H23N5O.2ClH/c1-9(2)20-14-13(8-18-20)12(5-11(4)19-14)15(21)17-7-10(3)6-16;;/h5,8-10H,6-7,16H2,1-4H3,(H,17,21);2*1H. The highest BCUT2D eigenvalue weighted by Crippen LogP contribution is 2.20. The molecule has 2 rings (SSSR count). The van der Waals surface area contributed by atoms with Gasteiger partial charge in [-0.3, -0.25) is 4.79 Å². The van der Waals surface area contributed by atoms with Crippen LogP contribution in [0.5, 0.6) is 0 Å². The molecular formula is C15H25Cl2N5O. The van der Waals surface area contributed by atoms with Crippen molar-refractivity contribution in [1.29, 1.82) is 0 Å². The Hall–Kier alpha value is -1.37. The van der Waals surface area contributed by atoms with Gasteiger partial charge < -0.3 is 11.1 Å². The highest BCUT2D eigenvalue weighted by atomic mass is 35.5. The Balaban J connectivity index is 0.00000242. The molecule has 0 aromatic carbocycles. The van der Waals surface area contributed by atoms with Crippen molar-refractivity contribution < 1.29 is 4.79 Å². The minimum atomic E-state index is -0.103. The van der Waals surface area contributed by atoms with Gasteiger partial charge in [0, 0.05) is 18.3 Å². The lowest BCUT2D eigenvalue weighted by atomic mass is 10.1. The average Bonchev–Trinajstić information content (AvgIpc) is 2.86. The monoisotopic (exact) mass is 361 g/mol. The number of halogens is 2. The molecule has 0 fully saturated rings. The predicted molar refractivity (Wildman–Crippen MR) is 97.7 cm³/mol. The lowest BCUT2D eigenvalue weighted by Crippen LogP contribution is -2.31. The number of carbonyl (C=O) groups excluding carboxylic acids is 1. The van der Waals surface area contributed by atoms with Crippen molar-refractivity contribution in [1.82, 2.24) is 20.1 Å². The van der Waals surface area contributed by atoms with Gasteiger partial charge in [-0.05, 0) is 39.3 Å². The summed E-state index contributed by atoms with van der Waals surface area (Å²) in [7, 11) is 0. The normalized spacial score (nSPS) is 11.7. The largest absolute Gasteiger partial charge is 0.352 e. The van der Waals surface area contributed by atoms with Crippen LogP contribution in [0.25, 0.3) is 11.0 Å². The molecule has 0 aliphatic carbocycles. The number of hydrogen-bond acceptors (Lipinski definition) is 4. The Bertz CT molecular complexity index is 657. The van der Waals surface area contributed by atoms with Gasteiger partial charge in [0.15, 0.2) is 5.65 Å². The Labute approximate surface area is 149 Å². The summed E-state index contributed by atoms with van der Waals surface area (Å²) in [5.41, 5.74) is 7.75. The summed E-state index contributed by atoms with van der Waals surface area (Å²) in [5.74, 6) is 0.153. The van der Waals surface area contributed by atoms with Crippen molar-refractivity contribution in [2.75, 3.05) is 13.1 Å². The van der Waals surface area contributed by atoms with E-state index in [4.69, 9.17) is 5.73 Å². The molecule has 0 radical (unpaired) electrons. The molecule has 6 nitrogen and oxygen atoms in total. The lowest BCUT2D eigenvalue weighted by molar-refractivity contribution is 0.0950. The highest BCUT2D eigenvalue weighted by molar-refractivity contribution is 6.05. The van der Waals surface area contributed by atoms with E-state index in [1.165, 1.54) is 0 Å².